The quantitative estimate of drug-likeness (QED) is 0.428. The molecule has 6 heteroatoms. The average molecular weight is 361 g/mol. The maximum absolute atomic E-state index is 12.2. The van der Waals surface area contributed by atoms with Gasteiger partial charge in [-0.25, -0.2) is 4.79 Å². The van der Waals surface area contributed by atoms with Gasteiger partial charge in [0.15, 0.2) is 12.4 Å². The molecule has 0 aliphatic heterocycles. The van der Waals surface area contributed by atoms with Crippen molar-refractivity contribution in [2.24, 2.45) is 0 Å². The zero-order chi connectivity index (χ0) is 19.4. The lowest BCUT2D eigenvalue weighted by atomic mass is 9.88. The fourth-order valence-electron chi connectivity index (χ4n) is 2.53. The van der Waals surface area contributed by atoms with Gasteiger partial charge in [-0.05, 0) is 30.5 Å². The van der Waals surface area contributed by atoms with Crippen LogP contribution in [0.15, 0.2) is 24.3 Å². The number of carbonyl (C=O) groups is 2. The topological polar surface area (TPSA) is 96.6 Å². The molecule has 0 radical (unpaired) electrons. The first-order valence-corrected chi connectivity index (χ1v) is 8.97. The molecular formula is C20H27NO5. The van der Waals surface area contributed by atoms with Crippen LogP contribution in [0.5, 0.6) is 0 Å². The summed E-state index contributed by atoms with van der Waals surface area (Å²) in [5, 5.41) is 18.8. The van der Waals surface area contributed by atoms with Crippen molar-refractivity contribution in [2.45, 2.75) is 57.7 Å². The van der Waals surface area contributed by atoms with E-state index < -0.39 is 17.7 Å². The molecule has 0 amide bonds. The first kappa shape index (κ1) is 21.8. The maximum atomic E-state index is 12.2. The molecule has 0 bridgehead atoms. The van der Waals surface area contributed by atoms with Gasteiger partial charge in [0.2, 0.25) is 5.60 Å². The maximum Gasteiger partial charge on any atom is 0.339 e. The molecule has 1 aromatic carbocycles. The van der Waals surface area contributed by atoms with Crippen molar-refractivity contribution in [1.29, 1.82) is 5.26 Å². The lowest BCUT2D eigenvalue weighted by Gasteiger charge is -2.34. The fourth-order valence-corrected chi connectivity index (χ4v) is 2.53. The van der Waals surface area contributed by atoms with Gasteiger partial charge in [0, 0.05) is 19.6 Å². The molecule has 2 atom stereocenters. The summed E-state index contributed by atoms with van der Waals surface area (Å²) in [7, 11) is 0. The van der Waals surface area contributed by atoms with Crippen LogP contribution in [0, 0.1) is 11.3 Å². The summed E-state index contributed by atoms with van der Waals surface area (Å²) in [6.45, 7) is 4.47. The number of nitrogens with zero attached hydrogens (tertiary/aromatic N) is 1. The van der Waals surface area contributed by atoms with Gasteiger partial charge in [0.1, 0.15) is 0 Å². The van der Waals surface area contributed by atoms with E-state index in [9.17, 15) is 14.7 Å². The molecule has 0 aliphatic rings. The van der Waals surface area contributed by atoms with Crippen LogP contribution in [-0.4, -0.2) is 42.3 Å². The molecule has 6 nitrogen and oxygen atoms in total. The highest BCUT2D eigenvalue weighted by Gasteiger charge is 2.48. The lowest BCUT2D eigenvalue weighted by molar-refractivity contribution is -0.189. The van der Waals surface area contributed by atoms with E-state index in [1.54, 1.807) is 24.3 Å². The number of carboxylic acids is 1. The molecule has 0 spiro atoms. The Morgan fingerprint density at radius 1 is 1.23 bits per heavy atom. The van der Waals surface area contributed by atoms with E-state index in [-0.39, 0.29) is 13.0 Å². The average Bonchev–Trinajstić information content (AvgIpc) is 2.65. The summed E-state index contributed by atoms with van der Waals surface area (Å²) >= 11 is 0. The van der Waals surface area contributed by atoms with Gasteiger partial charge in [-0.1, -0.05) is 38.8 Å². The van der Waals surface area contributed by atoms with Gasteiger partial charge in [0.05, 0.1) is 11.6 Å². The third-order valence-electron chi connectivity index (χ3n) is 4.15. The van der Waals surface area contributed by atoms with E-state index in [1.165, 1.54) is 0 Å². The van der Waals surface area contributed by atoms with Crippen molar-refractivity contribution in [2.75, 3.05) is 13.2 Å². The van der Waals surface area contributed by atoms with Crippen LogP contribution < -0.4 is 0 Å². The highest BCUT2D eigenvalue weighted by atomic mass is 16.6. The van der Waals surface area contributed by atoms with Crippen LogP contribution in [0.1, 0.15) is 50.7 Å². The monoisotopic (exact) mass is 361 g/mol. The number of rotatable bonds is 13. The van der Waals surface area contributed by atoms with Gasteiger partial charge in [0.25, 0.3) is 0 Å². The molecule has 1 N–H and O–H groups in total. The minimum absolute atomic E-state index is 0.0205. The van der Waals surface area contributed by atoms with Crippen molar-refractivity contribution >= 4 is 12.3 Å². The van der Waals surface area contributed by atoms with Gasteiger partial charge >= 0.3 is 5.97 Å². The van der Waals surface area contributed by atoms with Crippen molar-refractivity contribution in [3.8, 4) is 6.07 Å². The highest BCUT2D eigenvalue weighted by molar-refractivity contribution is 5.84. The number of carboxylic acid groups (broad SMARTS) is 1. The number of aliphatic carboxylic acids is 1. The first-order chi connectivity index (χ1) is 12.5. The van der Waals surface area contributed by atoms with Crippen molar-refractivity contribution in [3.63, 3.8) is 0 Å². The molecule has 0 heterocycles. The van der Waals surface area contributed by atoms with Gasteiger partial charge in [-0.2, -0.15) is 5.26 Å². The Bertz CT molecular complexity index is 608. The predicted octanol–water partition coefficient (Wildman–Crippen LogP) is 3.13. The number of hydrogen-bond acceptors (Lipinski definition) is 5. The molecule has 2 unspecified atom stereocenters. The minimum Gasteiger partial charge on any atom is -0.479 e. The summed E-state index contributed by atoms with van der Waals surface area (Å²) in [6, 6.07) is 8.60. The van der Waals surface area contributed by atoms with Crippen molar-refractivity contribution < 1.29 is 24.2 Å². The van der Waals surface area contributed by atoms with Gasteiger partial charge < -0.3 is 19.4 Å². The Balaban J connectivity index is 3.15. The standard InChI is InChI=1S/C20H27NO5/c1-3-5-11-25-18(15-22)20(19(23)24,26-12-6-4-2)13-16-7-9-17(14-21)10-8-16/h7-10,15,18H,3-6,11-13H2,1-2H3,(H,23,24). The van der Waals surface area contributed by atoms with Crippen LogP contribution in [0.3, 0.4) is 0 Å². The van der Waals surface area contributed by atoms with E-state index in [2.05, 4.69) is 0 Å². The summed E-state index contributed by atoms with van der Waals surface area (Å²) in [5.74, 6) is -1.23. The largest absolute Gasteiger partial charge is 0.479 e. The summed E-state index contributed by atoms with van der Waals surface area (Å²) < 4.78 is 11.3. The van der Waals surface area contributed by atoms with Crippen LogP contribution in [0.25, 0.3) is 0 Å². The molecule has 0 aliphatic carbocycles. The molecule has 26 heavy (non-hydrogen) atoms. The Hall–Kier alpha value is -2.23. The molecule has 142 valence electrons. The third kappa shape index (κ3) is 5.94. The highest BCUT2D eigenvalue weighted by Crippen LogP contribution is 2.26. The van der Waals surface area contributed by atoms with E-state index >= 15 is 0 Å². The summed E-state index contributed by atoms with van der Waals surface area (Å²) in [5.41, 5.74) is -0.653. The molecule has 1 rings (SSSR count). The molecule has 0 aromatic heterocycles. The van der Waals surface area contributed by atoms with Crippen molar-refractivity contribution in [3.05, 3.63) is 35.4 Å². The Kier molecular flexibility index (Phi) is 9.56. The number of hydrogen-bond donors (Lipinski definition) is 1. The second kappa shape index (κ2) is 11.4. The van der Waals surface area contributed by atoms with Crippen LogP contribution >= 0.6 is 0 Å². The third-order valence-corrected chi connectivity index (χ3v) is 4.15. The second-order valence-corrected chi connectivity index (χ2v) is 6.16. The summed E-state index contributed by atoms with van der Waals surface area (Å²) in [6.07, 6.45) is 2.41. The smallest absolute Gasteiger partial charge is 0.339 e. The van der Waals surface area contributed by atoms with E-state index in [0.29, 0.717) is 30.4 Å². The zero-order valence-corrected chi connectivity index (χ0v) is 15.4. The number of unbranched alkanes of at least 4 members (excludes halogenated alkanes) is 2. The zero-order valence-electron chi connectivity index (χ0n) is 15.4. The van der Waals surface area contributed by atoms with Gasteiger partial charge in [-0.15, -0.1) is 0 Å². The number of ether oxygens (including phenoxy) is 2. The SMILES string of the molecule is CCCCOC(C=O)C(Cc1ccc(C#N)cc1)(OCCCC)C(=O)O. The minimum atomic E-state index is -1.79. The molecule has 0 fully saturated rings. The molecule has 0 saturated heterocycles. The Morgan fingerprint density at radius 2 is 1.85 bits per heavy atom. The molecular weight excluding hydrogens is 334 g/mol. The second-order valence-electron chi connectivity index (χ2n) is 6.16. The van der Waals surface area contributed by atoms with E-state index in [4.69, 9.17) is 14.7 Å². The first-order valence-electron chi connectivity index (χ1n) is 8.97. The van der Waals surface area contributed by atoms with E-state index in [1.807, 2.05) is 19.9 Å². The fraction of sp³-hybridized carbons (Fsp3) is 0.550. The number of nitriles is 1. The number of aldehydes is 1. The number of benzene rings is 1. The normalized spacial score (nSPS) is 14.2. The molecule has 0 saturated carbocycles. The summed E-state index contributed by atoms with van der Waals surface area (Å²) in [4.78, 5) is 23.8. The van der Waals surface area contributed by atoms with Crippen molar-refractivity contribution in [1.82, 2.24) is 0 Å². The van der Waals surface area contributed by atoms with Gasteiger partial charge in [-0.3, -0.25) is 0 Å². The Labute approximate surface area is 154 Å². The number of carbonyl (C=O) groups excluding carboxylic acids is 1. The van der Waals surface area contributed by atoms with Crippen LogP contribution in [0.2, 0.25) is 0 Å². The lowest BCUT2D eigenvalue weighted by Crippen LogP contribution is -2.55. The molecule has 1 aromatic rings. The Morgan fingerprint density at radius 3 is 2.35 bits per heavy atom. The van der Waals surface area contributed by atoms with Crippen LogP contribution in [0.4, 0.5) is 0 Å². The predicted molar refractivity (Wildman–Crippen MR) is 96.8 cm³/mol. The van der Waals surface area contributed by atoms with E-state index in [0.717, 1.165) is 19.3 Å². The van der Waals surface area contributed by atoms with Crippen LogP contribution in [-0.2, 0) is 25.5 Å².